The van der Waals surface area contributed by atoms with Crippen LogP contribution >= 0.6 is 27.3 Å². The predicted molar refractivity (Wildman–Crippen MR) is 76.9 cm³/mol. The SMILES string of the molecule is CCN(CC)C(=O)C(C)NC(=O)c1ccc(Br)s1. The molecular weight excluding hydrogens is 316 g/mol. The van der Waals surface area contributed by atoms with Gasteiger partial charge in [-0.3, -0.25) is 9.59 Å². The van der Waals surface area contributed by atoms with Crippen molar-refractivity contribution in [3.05, 3.63) is 20.8 Å². The van der Waals surface area contributed by atoms with Crippen LogP contribution in [0.3, 0.4) is 0 Å². The maximum atomic E-state index is 12.0. The molecule has 1 N–H and O–H groups in total. The fourth-order valence-corrected chi connectivity index (χ4v) is 2.86. The smallest absolute Gasteiger partial charge is 0.262 e. The lowest BCUT2D eigenvalue weighted by Gasteiger charge is -2.23. The van der Waals surface area contributed by atoms with Gasteiger partial charge in [-0.2, -0.15) is 0 Å². The first-order chi connectivity index (χ1) is 8.49. The molecule has 2 amide bonds. The molecule has 0 aliphatic carbocycles. The Labute approximate surface area is 119 Å². The van der Waals surface area contributed by atoms with E-state index in [0.29, 0.717) is 18.0 Å². The Bertz CT molecular complexity index is 429. The number of carbonyl (C=O) groups is 2. The molecule has 1 atom stereocenters. The monoisotopic (exact) mass is 332 g/mol. The average Bonchev–Trinajstić information content (AvgIpc) is 2.77. The standard InChI is InChI=1S/C12H17BrN2O2S/c1-4-15(5-2)12(17)8(3)14-11(16)9-6-7-10(13)18-9/h6-8H,4-5H2,1-3H3,(H,14,16). The Morgan fingerprint density at radius 3 is 2.44 bits per heavy atom. The summed E-state index contributed by atoms with van der Waals surface area (Å²) in [5, 5.41) is 2.72. The van der Waals surface area contributed by atoms with Gasteiger partial charge in [0.2, 0.25) is 5.91 Å². The summed E-state index contributed by atoms with van der Waals surface area (Å²) in [6, 6.07) is 3.05. The number of nitrogens with zero attached hydrogens (tertiary/aromatic N) is 1. The molecule has 1 unspecified atom stereocenters. The van der Waals surface area contributed by atoms with E-state index >= 15 is 0 Å². The second-order valence-electron chi connectivity index (χ2n) is 3.81. The van der Waals surface area contributed by atoms with Crippen molar-refractivity contribution >= 4 is 39.1 Å². The minimum atomic E-state index is -0.502. The van der Waals surface area contributed by atoms with Crippen LogP contribution in [0.5, 0.6) is 0 Å². The number of carbonyl (C=O) groups excluding carboxylic acids is 2. The summed E-state index contributed by atoms with van der Waals surface area (Å²) in [6.07, 6.45) is 0. The Morgan fingerprint density at radius 1 is 1.39 bits per heavy atom. The lowest BCUT2D eigenvalue weighted by atomic mass is 10.2. The van der Waals surface area contributed by atoms with Gasteiger partial charge in [-0.1, -0.05) is 0 Å². The zero-order valence-electron chi connectivity index (χ0n) is 10.7. The second kappa shape index (κ2) is 6.89. The van der Waals surface area contributed by atoms with Gasteiger partial charge < -0.3 is 10.2 Å². The summed E-state index contributed by atoms with van der Waals surface area (Å²) >= 11 is 4.65. The van der Waals surface area contributed by atoms with Crippen LogP contribution < -0.4 is 5.32 Å². The highest BCUT2D eigenvalue weighted by atomic mass is 79.9. The van der Waals surface area contributed by atoms with Gasteiger partial charge in [-0.15, -0.1) is 11.3 Å². The number of halogens is 1. The van der Waals surface area contributed by atoms with Crippen LogP contribution in [0.2, 0.25) is 0 Å². The molecule has 0 aliphatic heterocycles. The molecule has 4 nitrogen and oxygen atoms in total. The van der Waals surface area contributed by atoms with E-state index in [0.717, 1.165) is 3.79 Å². The van der Waals surface area contributed by atoms with Crippen molar-refractivity contribution in [1.29, 1.82) is 0 Å². The molecule has 0 bridgehead atoms. The minimum absolute atomic E-state index is 0.0519. The third kappa shape index (κ3) is 3.81. The summed E-state index contributed by atoms with van der Waals surface area (Å²) < 4.78 is 0.898. The highest BCUT2D eigenvalue weighted by molar-refractivity contribution is 9.11. The van der Waals surface area contributed by atoms with Crippen molar-refractivity contribution < 1.29 is 9.59 Å². The van der Waals surface area contributed by atoms with E-state index in [2.05, 4.69) is 21.2 Å². The maximum Gasteiger partial charge on any atom is 0.262 e. The Balaban J connectivity index is 2.62. The number of rotatable bonds is 5. The zero-order chi connectivity index (χ0) is 13.7. The van der Waals surface area contributed by atoms with E-state index in [1.807, 2.05) is 19.9 Å². The molecule has 100 valence electrons. The van der Waals surface area contributed by atoms with Gasteiger partial charge in [0.25, 0.3) is 5.91 Å². The molecule has 0 aromatic carbocycles. The van der Waals surface area contributed by atoms with E-state index in [-0.39, 0.29) is 11.8 Å². The van der Waals surface area contributed by atoms with Crippen LogP contribution in [0.4, 0.5) is 0 Å². The first kappa shape index (κ1) is 15.2. The van der Waals surface area contributed by atoms with Crippen LogP contribution in [-0.2, 0) is 4.79 Å². The first-order valence-corrected chi connectivity index (χ1v) is 7.45. The molecule has 18 heavy (non-hydrogen) atoms. The summed E-state index contributed by atoms with van der Waals surface area (Å²) in [5.41, 5.74) is 0. The third-order valence-electron chi connectivity index (χ3n) is 2.59. The summed E-state index contributed by atoms with van der Waals surface area (Å²) in [6.45, 7) is 6.86. The lowest BCUT2D eigenvalue weighted by molar-refractivity contribution is -0.132. The van der Waals surface area contributed by atoms with E-state index in [4.69, 9.17) is 0 Å². The van der Waals surface area contributed by atoms with E-state index in [1.165, 1.54) is 11.3 Å². The average molecular weight is 333 g/mol. The van der Waals surface area contributed by atoms with Crippen molar-refractivity contribution in [3.63, 3.8) is 0 Å². The van der Waals surface area contributed by atoms with Crippen molar-refractivity contribution in [2.45, 2.75) is 26.8 Å². The van der Waals surface area contributed by atoms with E-state index in [9.17, 15) is 9.59 Å². The lowest BCUT2D eigenvalue weighted by Crippen LogP contribution is -2.46. The Kier molecular flexibility index (Phi) is 5.81. The van der Waals surface area contributed by atoms with Crippen molar-refractivity contribution in [2.75, 3.05) is 13.1 Å². The molecule has 0 radical (unpaired) electrons. The van der Waals surface area contributed by atoms with Crippen molar-refractivity contribution in [2.24, 2.45) is 0 Å². The molecule has 0 aliphatic rings. The van der Waals surface area contributed by atoms with Crippen LogP contribution in [0.1, 0.15) is 30.4 Å². The summed E-state index contributed by atoms with van der Waals surface area (Å²) in [4.78, 5) is 26.2. The van der Waals surface area contributed by atoms with Crippen LogP contribution in [-0.4, -0.2) is 35.8 Å². The highest BCUT2D eigenvalue weighted by Crippen LogP contribution is 2.21. The number of thiophene rings is 1. The molecular formula is C12H17BrN2O2S. The third-order valence-corrected chi connectivity index (χ3v) is 4.21. The van der Waals surface area contributed by atoms with E-state index < -0.39 is 6.04 Å². The largest absolute Gasteiger partial charge is 0.341 e. The van der Waals surface area contributed by atoms with Gasteiger partial charge in [-0.25, -0.2) is 0 Å². The minimum Gasteiger partial charge on any atom is -0.341 e. The molecule has 1 aromatic heterocycles. The predicted octanol–water partition coefficient (Wildman–Crippen LogP) is 2.50. The molecule has 6 heteroatoms. The Hall–Kier alpha value is -0.880. The molecule has 0 saturated carbocycles. The van der Waals surface area contributed by atoms with Gasteiger partial charge in [0.15, 0.2) is 0 Å². The van der Waals surface area contributed by atoms with E-state index in [1.54, 1.807) is 17.9 Å². The summed E-state index contributed by atoms with van der Waals surface area (Å²) in [7, 11) is 0. The number of likely N-dealkylation sites (N-methyl/N-ethyl adjacent to an activating group) is 1. The van der Waals surface area contributed by atoms with Crippen molar-refractivity contribution in [1.82, 2.24) is 10.2 Å². The van der Waals surface area contributed by atoms with Gasteiger partial charge in [0.1, 0.15) is 6.04 Å². The fourth-order valence-electron chi connectivity index (χ4n) is 1.57. The zero-order valence-corrected chi connectivity index (χ0v) is 13.1. The molecule has 0 spiro atoms. The van der Waals surface area contributed by atoms with Gasteiger partial charge >= 0.3 is 0 Å². The van der Waals surface area contributed by atoms with Crippen LogP contribution in [0, 0.1) is 0 Å². The van der Waals surface area contributed by atoms with Gasteiger partial charge in [0.05, 0.1) is 8.66 Å². The molecule has 0 saturated heterocycles. The maximum absolute atomic E-state index is 12.0. The normalized spacial score (nSPS) is 12.0. The summed E-state index contributed by atoms with van der Waals surface area (Å²) in [5.74, 6) is -0.261. The first-order valence-electron chi connectivity index (χ1n) is 5.84. The number of amides is 2. The number of hydrogen-bond donors (Lipinski definition) is 1. The number of nitrogens with one attached hydrogen (secondary N) is 1. The Morgan fingerprint density at radius 2 is 2.00 bits per heavy atom. The van der Waals surface area contributed by atoms with Crippen LogP contribution in [0.15, 0.2) is 15.9 Å². The fraction of sp³-hybridized carbons (Fsp3) is 0.500. The molecule has 1 rings (SSSR count). The van der Waals surface area contributed by atoms with Crippen molar-refractivity contribution in [3.8, 4) is 0 Å². The highest BCUT2D eigenvalue weighted by Gasteiger charge is 2.21. The topological polar surface area (TPSA) is 49.4 Å². The van der Waals surface area contributed by atoms with Crippen LogP contribution in [0.25, 0.3) is 0 Å². The molecule has 0 fully saturated rings. The second-order valence-corrected chi connectivity index (χ2v) is 6.27. The number of hydrogen-bond acceptors (Lipinski definition) is 3. The van der Waals surface area contributed by atoms with Gasteiger partial charge in [0, 0.05) is 13.1 Å². The quantitative estimate of drug-likeness (QED) is 0.900. The van der Waals surface area contributed by atoms with Gasteiger partial charge in [-0.05, 0) is 48.8 Å². The molecule has 1 heterocycles. The molecule has 1 aromatic rings.